The Morgan fingerprint density at radius 3 is 2.67 bits per heavy atom. The van der Waals surface area contributed by atoms with Gasteiger partial charge in [0.25, 0.3) is 0 Å². The lowest BCUT2D eigenvalue weighted by molar-refractivity contribution is 0.150. The highest BCUT2D eigenvalue weighted by Gasteiger charge is 2.24. The Kier molecular flexibility index (Phi) is 11.0. The molecule has 3 rings (SSSR count). The highest BCUT2D eigenvalue weighted by atomic mass is 127. The maximum atomic E-state index is 5.67. The van der Waals surface area contributed by atoms with E-state index < -0.39 is 0 Å². The normalized spacial score (nSPS) is 20.5. The summed E-state index contributed by atoms with van der Waals surface area (Å²) < 4.78 is 16.5. The largest absolute Gasteiger partial charge is 0.493 e. The van der Waals surface area contributed by atoms with Crippen LogP contribution in [-0.2, 0) is 11.3 Å². The van der Waals surface area contributed by atoms with Crippen molar-refractivity contribution in [1.29, 1.82) is 0 Å². The Morgan fingerprint density at radius 1 is 1.23 bits per heavy atom. The quantitative estimate of drug-likeness (QED) is 0.305. The summed E-state index contributed by atoms with van der Waals surface area (Å²) in [6.45, 7) is 8.61. The number of nitrogens with zero attached hydrogens (tertiary/aromatic N) is 2. The van der Waals surface area contributed by atoms with E-state index in [9.17, 15) is 0 Å². The van der Waals surface area contributed by atoms with Gasteiger partial charge in [0.05, 0.1) is 20.3 Å². The molecule has 0 saturated carbocycles. The summed E-state index contributed by atoms with van der Waals surface area (Å²) in [6, 6.07) is 6.48. The van der Waals surface area contributed by atoms with Crippen LogP contribution >= 0.6 is 24.0 Å². The van der Waals surface area contributed by atoms with Crippen molar-refractivity contribution in [2.24, 2.45) is 10.9 Å². The first-order chi connectivity index (χ1) is 14.2. The molecule has 0 amide bonds. The Bertz CT molecular complexity index is 660. The van der Waals surface area contributed by atoms with Crippen LogP contribution in [0.1, 0.15) is 31.7 Å². The molecule has 30 heavy (non-hydrogen) atoms. The van der Waals surface area contributed by atoms with E-state index in [-0.39, 0.29) is 24.0 Å². The first-order valence-corrected chi connectivity index (χ1v) is 10.8. The number of ether oxygens (including phenoxy) is 3. The molecule has 0 aliphatic carbocycles. The number of guanidine groups is 1. The molecule has 0 bridgehead atoms. The average Bonchev–Trinajstić information content (AvgIpc) is 3.26. The van der Waals surface area contributed by atoms with Crippen LogP contribution in [0.3, 0.4) is 0 Å². The van der Waals surface area contributed by atoms with Gasteiger partial charge in [-0.15, -0.1) is 24.0 Å². The zero-order valence-electron chi connectivity index (χ0n) is 18.5. The number of methoxy groups -OCH3 is 1. The number of halogens is 1. The predicted octanol–water partition coefficient (Wildman–Crippen LogP) is 2.88. The van der Waals surface area contributed by atoms with Crippen LogP contribution in [0.4, 0.5) is 0 Å². The van der Waals surface area contributed by atoms with Gasteiger partial charge in [0.2, 0.25) is 0 Å². The summed E-state index contributed by atoms with van der Waals surface area (Å²) in [5, 5.41) is 7.01. The maximum absolute atomic E-state index is 5.67. The van der Waals surface area contributed by atoms with Crippen molar-refractivity contribution in [2.45, 2.75) is 38.8 Å². The zero-order chi connectivity index (χ0) is 20.5. The van der Waals surface area contributed by atoms with E-state index >= 15 is 0 Å². The average molecular weight is 532 g/mol. The minimum Gasteiger partial charge on any atom is -0.493 e. The monoisotopic (exact) mass is 532 g/mol. The molecule has 7 nitrogen and oxygen atoms in total. The predicted molar refractivity (Wildman–Crippen MR) is 131 cm³/mol. The first-order valence-electron chi connectivity index (χ1n) is 10.8. The van der Waals surface area contributed by atoms with E-state index in [0.717, 1.165) is 68.1 Å². The standard InChI is InChI=1S/C22H36N4O3.HI/c1-4-29-21-13-17(5-6-20(21)27-3)14-24-22(23-2)25-19-7-10-26(11-8-19)15-18-9-12-28-16-18;/h5-6,13,18-19H,4,7-12,14-16H2,1-3H3,(H2,23,24,25);1H. The van der Waals surface area contributed by atoms with E-state index in [4.69, 9.17) is 14.2 Å². The summed E-state index contributed by atoms with van der Waals surface area (Å²) in [6.07, 6.45) is 3.50. The van der Waals surface area contributed by atoms with Crippen molar-refractivity contribution in [3.05, 3.63) is 23.8 Å². The van der Waals surface area contributed by atoms with Gasteiger partial charge in [-0.05, 0) is 49.8 Å². The van der Waals surface area contributed by atoms with Crippen LogP contribution in [0.25, 0.3) is 0 Å². The topological polar surface area (TPSA) is 67.4 Å². The number of nitrogens with one attached hydrogen (secondary N) is 2. The lowest BCUT2D eigenvalue weighted by Crippen LogP contribution is -2.49. The molecule has 2 aliphatic heterocycles. The molecular weight excluding hydrogens is 495 g/mol. The number of benzene rings is 1. The van der Waals surface area contributed by atoms with Gasteiger partial charge in [-0.1, -0.05) is 6.07 Å². The van der Waals surface area contributed by atoms with E-state index in [1.165, 1.54) is 13.0 Å². The smallest absolute Gasteiger partial charge is 0.191 e. The molecule has 1 unspecified atom stereocenters. The fourth-order valence-electron chi connectivity index (χ4n) is 4.03. The molecule has 1 aromatic rings. The van der Waals surface area contributed by atoms with Gasteiger partial charge in [0.1, 0.15) is 0 Å². The molecule has 1 aromatic carbocycles. The van der Waals surface area contributed by atoms with Crippen molar-refractivity contribution in [2.75, 3.05) is 53.6 Å². The van der Waals surface area contributed by atoms with Gasteiger partial charge >= 0.3 is 0 Å². The molecular formula is C22H37IN4O3. The number of rotatable bonds is 8. The molecule has 2 aliphatic rings. The number of piperidine rings is 1. The Labute approximate surface area is 197 Å². The maximum Gasteiger partial charge on any atom is 0.191 e. The molecule has 2 N–H and O–H groups in total. The third kappa shape index (κ3) is 7.46. The SMILES string of the molecule is CCOc1cc(CNC(=NC)NC2CCN(CC3CCOC3)CC2)ccc1OC.I. The highest BCUT2D eigenvalue weighted by molar-refractivity contribution is 14.0. The molecule has 2 heterocycles. The van der Waals surface area contributed by atoms with Crippen LogP contribution in [0, 0.1) is 5.92 Å². The zero-order valence-corrected chi connectivity index (χ0v) is 20.8. The Morgan fingerprint density at radius 2 is 2.03 bits per heavy atom. The molecule has 0 aromatic heterocycles. The number of aliphatic imine (C=N–C) groups is 1. The van der Waals surface area contributed by atoms with Gasteiger partial charge in [-0.3, -0.25) is 4.99 Å². The van der Waals surface area contributed by atoms with Crippen LogP contribution in [0.5, 0.6) is 11.5 Å². The molecule has 0 radical (unpaired) electrons. The molecule has 2 saturated heterocycles. The van der Waals surface area contributed by atoms with Gasteiger partial charge in [0.15, 0.2) is 17.5 Å². The van der Waals surface area contributed by atoms with Crippen molar-refractivity contribution < 1.29 is 14.2 Å². The Balaban J connectivity index is 0.00000320. The number of hydrogen-bond donors (Lipinski definition) is 2. The van der Waals surface area contributed by atoms with Crippen LogP contribution in [0.2, 0.25) is 0 Å². The van der Waals surface area contributed by atoms with Gasteiger partial charge in [-0.2, -0.15) is 0 Å². The summed E-state index contributed by atoms with van der Waals surface area (Å²) >= 11 is 0. The van der Waals surface area contributed by atoms with Crippen molar-refractivity contribution in [3.63, 3.8) is 0 Å². The Hall–Kier alpha value is -1.26. The van der Waals surface area contributed by atoms with Gasteiger partial charge in [0, 0.05) is 45.9 Å². The first kappa shape index (κ1) is 25.0. The molecule has 2 fully saturated rings. The molecule has 0 spiro atoms. The highest BCUT2D eigenvalue weighted by Crippen LogP contribution is 2.28. The minimum absolute atomic E-state index is 0. The van der Waals surface area contributed by atoms with Crippen molar-refractivity contribution in [3.8, 4) is 11.5 Å². The second kappa shape index (κ2) is 13.2. The molecule has 8 heteroatoms. The third-order valence-electron chi connectivity index (χ3n) is 5.68. The fraction of sp³-hybridized carbons (Fsp3) is 0.682. The summed E-state index contributed by atoms with van der Waals surface area (Å²) in [7, 11) is 3.48. The van der Waals surface area contributed by atoms with E-state index in [2.05, 4.69) is 20.5 Å². The van der Waals surface area contributed by atoms with Crippen molar-refractivity contribution >= 4 is 29.9 Å². The van der Waals surface area contributed by atoms with Crippen molar-refractivity contribution in [1.82, 2.24) is 15.5 Å². The summed E-state index contributed by atoms with van der Waals surface area (Å²) in [4.78, 5) is 6.98. The summed E-state index contributed by atoms with van der Waals surface area (Å²) in [5.74, 6) is 3.10. The number of hydrogen-bond acceptors (Lipinski definition) is 5. The lowest BCUT2D eigenvalue weighted by Gasteiger charge is -2.34. The van der Waals surface area contributed by atoms with E-state index in [1.807, 2.05) is 32.2 Å². The lowest BCUT2D eigenvalue weighted by atomic mass is 10.0. The van der Waals surface area contributed by atoms with E-state index in [0.29, 0.717) is 19.2 Å². The van der Waals surface area contributed by atoms with Gasteiger partial charge < -0.3 is 29.7 Å². The molecule has 170 valence electrons. The van der Waals surface area contributed by atoms with Crippen LogP contribution in [-0.4, -0.2) is 70.5 Å². The summed E-state index contributed by atoms with van der Waals surface area (Å²) in [5.41, 5.74) is 1.13. The third-order valence-corrected chi connectivity index (χ3v) is 5.68. The fourth-order valence-corrected chi connectivity index (χ4v) is 4.03. The van der Waals surface area contributed by atoms with Gasteiger partial charge in [-0.25, -0.2) is 0 Å². The second-order valence-corrected chi connectivity index (χ2v) is 7.79. The minimum atomic E-state index is 0. The van der Waals surface area contributed by atoms with Crippen LogP contribution in [0.15, 0.2) is 23.2 Å². The van der Waals surface area contributed by atoms with E-state index in [1.54, 1.807) is 7.11 Å². The van der Waals surface area contributed by atoms with Crippen LogP contribution < -0.4 is 20.1 Å². The molecule has 1 atom stereocenters. The second-order valence-electron chi connectivity index (χ2n) is 7.79. The number of likely N-dealkylation sites (tertiary alicyclic amines) is 1.